The number of nitrogens with one attached hydrogen (secondary N) is 1. The van der Waals surface area contributed by atoms with Gasteiger partial charge < -0.3 is 10.2 Å². The van der Waals surface area contributed by atoms with E-state index in [4.69, 9.17) is 5.11 Å². The Morgan fingerprint density at radius 2 is 1.96 bits per heavy atom. The zero-order valence-electron chi connectivity index (χ0n) is 11.4. The van der Waals surface area contributed by atoms with Gasteiger partial charge >= 0.3 is 11.7 Å². The minimum absolute atomic E-state index is 0.151. The van der Waals surface area contributed by atoms with Crippen molar-refractivity contribution in [1.82, 2.24) is 0 Å². The number of aromatic carboxylic acids is 1. The van der Waals surface area contributed by atoms with E-state index >= 15 is 0 Å². The first kappa shape index (κ1) is 16.4. The minimum atomic E-state index is -1.03. The molecular formula is C14H10BrN3O5. The van der Waals surface area contributed by atoms with Crippen LogP contribution in [-0.2, 0) is 0 Å². The number of anilines is 1. The number of nitro benzene ring substituents is 1. The normalized spacial score (nSPS) is 10.7. The summed E-state index contributed by atoms with van der Waals surface area (Å²) < 4.78 is 0.180. The fraction of sp³-hybridized carbons (Fsp3) is 0. The summed E-state index contributed by atoms with van der Waals surface area (Å²) in [5.74, 6) is -1.48. The third kappa shape index (κ3) is 4.04. The molecule has 0 amide bonds. The van der Waals surface area contributed by atoms with E-state index in [2.05, 4.69) is 26.5 Å². The number of carboxylic acid groups (broad SMARTS) is 1. The largest absolute Gasteiger partial charge is 0.501 e. The molecule has 0 atom stereocenters. The van der Waals surface area contributed by atoms with Gasteiger partial charge in [-0.3, -0.25) is 15.5 Å². The Labute approximate surface area is 138 Å². The number of nitro groups is 1. The maximum Gasteiger partial charge on any atom is 0.335 e. The molecule has 0 aliphatic carbocycles. The number of carboxylic acids is 1. The molecule has 0 aromatic heterocycles. The van der Waals surface area contributed by atoms with E-state index in [1.165, 1.54) is 42.6 Å². The Balaban J connectivity index is 2.14. The van der Waals surface area contributed by atoms with Gasteiger partial charge in [-0.2, -0.15) is 5.10 Å². The van der Waals surface area contributed by atoms with E-state index in [1.54, 1.807) is 0 Å². The molecule has 0 fully saturated rings. The van der Waals surface area contributed by atoms with Gasteiger partial charge in [-0.05, 0) is 46.3 Å². The van der Waals surface area contributed by atoms with Crippen LogP contribution in [0.4, 0.5) is 11.4 Å². The molecule has 2 rings (SSSR count). The Morgan fingerprint density at radius 1 is 1.30 bits per heavy atom. The van der Waals surface area contributed by atoms with E-state index < -0.39 is 22.3 Å². The highest BCUT2D eigenvalue weighted by molar-refractivity contribution is 9.10. The lowest BCUT2D eigenvalue weighted by Gasteiger charge is -2.02. The quantitative estimate of drug-likeness (QED) is 0.416. The molecule has 0 saturated heterocycles. The number of aromatic hydroxyl groups is 1. The summed E-state index contributed by atoms with van der Waals surface area (Å²) in [6.07, 6.45) is 1.34. The van der Waals surface area contributed by atoms with Crippen molar-refractivity contribution in [3.05, 3.63) is 62.1 Å². The second kappa shape index (κ2) is 6.88. The van der Waals surface area contributed by atoms with E-state index in [9.17, 15) is 20.0 Å². The molecule has 2 aromatic rings. The molecule has 0 saturated carbocycles. The Bertz CT molecular complexity index is 790. The lowest BCUT2D eigenvalue weighted by molar-refractivity contribution is -0.386. The summed E-state index contributed by atoms with van der Waals surface area (Å²) >= 11 is 3.03. The van der Waals surface area contributed by atoms with Crippen molar-refractivity contribution in [3.8, 4) is 5.75 Å². The zero-order chi connectivity index (χ0) is 17.0. The van der Waals surface area contributed by atoms with Crippen molar-refractivity contribution in [2.45, 2.75) is 0 Å². The van der Waals surface area contributed by atoms with Crippen LogP contribution in [0.3, 0.4) is 0 Å². The van der Waals surface area contributed by atoms with Crippen LogP contribution in [-0.4, -0.2) is 27.3 Å². The van der Waals surface area contributed by atoms with Gasteiger partial charge in [0.2, 0.25) is 5.75 Å². The molecule has 23 heavy (non-hydrogen) atoms. The van der Waals surface area contributed by atoms with Crippen LogP contribution in [0, 0.1) is 10.1 Å². The average molecular weight is 380 g/mol. The summed E-state index contributed by atoms with van der Waals surface area (Å²) in [6, 6.07) is 8.57. The van der Waals surface area contributed by atoms with Gasteiger partial charge in [0.15, 0.2) is 0 Å². The van der Waals surface area contributed by atoms with Crippen LogP contribution in [0.2, 0.25) is 0 Å². The molecule has 9 heteroatoms. The fourth-order valence-electron chi connectivity index (χ4n) is 1.69. The topological polar surface area (TPSA) is 125 Å². The SMILES string of the molecule is O=C(O)c1ccc(N/N=C/c2cc(Br)c(O)c([N+](=O)[O-])c2)cc1. The lowest BCUT2D eigenvalue weighted by atomic mass is 10.2. The first-order valence-corrected chi connectivity index (χ1v) is 6.97. The first-order chi connectivity index (χ1) is 10.9. The zero-order valence-corrected chi connectivity index (χ0v) is 13.0. The Kier molecular flexibility index (Phi) is 4.91. The third-order valence-electron chi connectivity index (χ3n) is 2.80. The molecule has 118 valence electrons. The van der Waals surface area contributed by atoms with Crippen molar-refractivity contribution >= 4 is 39.5 Å². The fourth-order valence-corrected chi connectivity index (χ4v) is 2.15. The predicted molar refractivity (Wildman–Crippen MR) is 87.1 cm³/mol. The van der Waals surface area contributed by atoms with Gasteiger partial charge in [-0.25, -0.2) is 4.79 Å². The monoisotopic (exact) mass is 379 g/mol. The standard InChI is InChI=1S/C14H10BrN3O5/c15-11-5-8(6-12(13(11)19)18(22)23)7-16-17-10-3-1-9(2-4-10)14(20)21/h1-7,17,19H,(H,20,21)/b16-7+. The number of phenols is 1. The van der Waals surface area contributed by atoms with Gasteiger partial charge in [0, 0.05) is 11.6 Å². The van der Waals surface area contributed by atoms with Crippen LogP contribution < -0.4 is 5.43 Å². The second-order valence-corrected chi connectivity index (χ2v) is 5.23. The van der Waals surface area contributed by atoms with Gasteiger partial charge in [-0.15, -0.1) is 0 Å². The molecule has 0 spiro atoms. The predicted octanol–water partition coefficient (Wildman–Crippen LogP) is 3.21. The van der Waals surface area contributed by atoms with Crippen LogP contribution >= 0.6 is 15.9 Å². The number of hydrogen-bond acceptors (Lipinski definition) is 6. The number of hydrogen-bond donors (Lipinski definition) is 3. The lowest BCUT2D eigenvalue weighted by Crippen LogP contribution is -1.97. The smallest absolute Gasteiger partial charge is 0.335 e. The number of phenolic OH excluding ortho intramolecular Hbond substituents is 1. The van der Waals surface area contributed by atoms with Gasteiger partial charge in [-0.1, -0.05) is 0 Å². The molecule has 0 aliphatic heterocycles. The summed E-state index contributed by atoms with van der Waals surface area (Å²) in [6.45, 7) is 0. The van der Waals surface area contributed by atoms with Crippen molar-refractivity contribution in [2.75, 3.05) is 5.43 Å². The number of nitrogens with zero attached hydrogens (tertiary/aromatic N) is 2. The molecule has 0 unspecified atom stereocenters. The van der Waals surface area contributed by atoms with Gasteiger partial charge in [0.25, 0.3) is 0 Å². The highest BCUT2D eigenvalue weighted by Crippen LogP contribution is 2.34. The van der Waals surface area contributed by atoms with Crippen molar-refractivity contribution in [2.24, 2.45) is 5.10 Å². The Morgan fingerprint density at radius 3 is 2.52 bits per heavy atom. The molecule has 0 radical (unpaired) electrons. The number of benzene rings is 2. The van der Waals surface area contributed by atoms with Crippen LogP contribution in [0.1, 0.15) is 15.9 Å². The molecule has 2 aromatic carbocycles. The summed E-state index contributed by atoms with van der Waals surface area (Å²) in [5, 5.41) is 33.1. The molecule has 8 nitrogen and oxygen atoms in total. The number of halogens is 1. The molecule has 0 bridgehead atoms. The van der Waals surface area contributed by atoms with Crippen molar-refractivity contribution in [3.63, 3.8) is 0 Å². The van der Waals surface area contributed by atoms with Crippen LogP contribution in [0.25, 0.3) is 0 Å². The molecule has 0 aliphatic rings. The van der Waals surface area contributed by atoms with E-state index in [-0.39, 0.29) is 10.0 Å². The highest BCUT2D eigenvalue weighted by atomic mass is 79.9. The van der Waals surface area contributed by atoms with Gasteiger partial charge in [0.1, 0.15) is 0 Å². The summed E-state index contributed by atoms with van der Waals surface area (Å²) in [7, 11) is 0. The van der Waals surface area contributed by atoms with Crippen LogP contribution in [0.15, 0.2) is 46.0 Å². The third-order valence-corrected chi connectivity index (χ3v) is 3.41. The van der Waals surface area contributed by atoms with Crippen LogP contribution in [0.5, 0.6) is 5.75 Å². The number of hydrazone groups is 1. The summed E-state index contributed by atoms with van der Waals surface area (Å²) in [5.41, 5.74) is 3.34. The highest BCUT2D eigenvalue weighted by Gasteiger charge is 2.17. The average Bonchev–Trinajstić information content (AvgIpc) is 2.50. The molecular weight excluding hydrogens is 370 g/mol. The van der Waals surface area contributed by atoms with Crippen molar-refractivity contribution < 1.29 is 19.9 Å². The van der Waals surface area contributed by atoms with Crippen molar-refractivity contribution in [1.29, 1.82) is 0 Å². The van der Waals surface area contributed by atoms with Gasteiger partial charge in [0.05, 0.1) is 26.9 Å². The first-order valence-electron chi connectivity index (χ1n) is 6.18. The molecule has 3 N–H and O–H groups in total. The maximum atomic E-state index is 10.8. The van der Waals surface area contributed by atoms with E-state index in [0.29, 0.717) is 11.3 Å². The van der Waals surface area contributed by atoms with E-state index in [1.807, 2.05) is 0 Å². The van der Waals surface area contributed by atoms with E-state index in [0.717, 1.165) is 0 Å². The molecule has 0 heterocycles. The number of carbonyl (C=O) groups is 1. The maximum absolute atomic E-state index is 10.8. The second-order valence-electron chi connectivity index (χ2n) is 4.38. The number of rotatable bonds is 5. The minimum Gasteiger partial charge on any atom is -0.501 e. The summed E-state index contributed by atoms with van der Waals surface area (Å²) in [4.78, 5) is 20.9. The Hall–Kier alpha value is -2.94.